The summed E-state index contributed by atoms with van der Waals surface area (Å²) < 4.78 is 10.8. The lowest BCUT2D eigenvalue weighted by Crippen LogP contribution is -2.03. The van der Waals surface area contributed by atoms with Gasteiger partial charge in [-0.25, -0.2) is 0 Å². The monoisotopic (exact) mass is 260 g/mol. The third kappa shape index (κ3) is 2.84. The molecule has 92 valence electrons. The minimum Gasteiger partial charge on any atom is -0.491 e. The summed E-state index contributed by atoms with van der Waals surface area (Å²) in [7, 11) is 0. The lowest BCUT2D eigenvalue weighted by molar-refractivity contribution is 0.263. The Balaban J connectivity index is 1.78. The van der Waals surface area contributed by atoms with E-state index in [4.69, 9.17) is 21.1 Å². The highest BCUT2D eigenvalue weighted by molar-refractivity contribution is 6.30. The van der Waals surface area contributed by atoms with Crippen LogP contribution in [-0.4, -0.2) is 19.3 Å². The van der Waals surface area contributed by atoms with Crippen LogP contribution in [0.1, 0.15) is 0 Å². The van der Waals surface area contributed by atoms with E-state index in [0.29, 0.717) is 6.61 Å². The molecule has 0 aliphatic carbocycles. The molecule has 0 bridgehead atoms. The standard InChI is InChI=1S/C15H13ClO2/c16-13-6-4-11(5-7-13)12-2-1-3-14(8-12)17-9-15-10-18-15/h1-8,15H,9-10H2. The number of benzene rings is 2. The van der Waals surface area contributed by atoms with Gasteiger partial charge in [-0.2, -0.15) is 0 Å². The van der Waals surface area contributed by atoms with Crippen molar-refractivity contribution < 1.29 is 9.47 Å². The van der Waals surface area contributed by atoms with Gasteiger partial charge in [-0.3, -0.25) is 0 Å². The summed E-state index contributed by atoms with van der Waals surface area (Å²) in [6.45, 7) is 1.45. The highest BCUT2D eigenvalue weighted by atomic mass is 35.5. The van der Waals surface area contributed by atoms with Crippen LogP contribution in [0, 0.1) is 0 Å². The van der Waals surface area contributed by atoms with E-state index in [1.165, 1.54) is 0 Å². The van der Waals surface area contributed by atoms with Gasteiger partial charge in [0.25, 0.3) is 0 Å². The summed E-state index contributed by atoms with van der Waals surface area (Å²) >= 11 is 5.88. The fraction of sp³-hybridized carbons (Fsp3) is 0.200. The van der Waals surface area contributed by atoms with Crippen LogP contribution in [0.3, 0.4) is 0 Å². The van der Waals surface area contributed by atoms with Crippen molar-refractivity contribution in [2.24, 2.45) is 0 Å². The Morgan fingerprint density at radius 3 is 2.61 bits per heavy atom. The predicted molar refractivity (Wildman–Crippen MR) is 72.1 cm³/mol. The molecule has 0 N–H and O–H groups in total. The van der Waals surface area contributed by atoms with Crippen molar-refractivity contribution in [3.05, 3.63) is 53.6 Å². The Labute approximate surface area is 111 Å². The highest BCUT2D eigenvalue weighted by Crippen LogP contribution is 2.25. The third-order valence-corrected chi connectivity index (χ3v) is 3.10. The van der Waals surface area contributed by atoms with E-state index in [9.17, 15) is 0 Å². The second-order valence-electron chi connectivity index (χ2n) is 4.30. The predicted octanol–water partition coefficient (Wildman–Crippen LogP) is 3.78. The molecule has 0 radical (unpaired) electrons. The van der Waals surface area contributed by atoms with Crippen LogP contribution in [0.25, 0.3) is 11.1 Å². The Morgan fingerprint density at radius 1 is 1.11 bits per heavy atom. The molecule has 0 spiro atoms. The Morgan fingerprint density at radius 2 is 1.89 bits per heavy atom. The van der Waals surface area contributed by atoms with Gasteiger partial charge in [-0.15, -0.1) is 0 Å². The molecule has 1 aliphatic rings. The van der Waals surface area contributed by atoms with Crippen LogP contribution in [-0.2, 0) is 4.74 Å². The molecule has 1 aliphatic heterocycles. The summed E-state index contributed by atoms with van der Waals surface area (Å²) in [5, 5.41) is 0.747. The summed E-state index contributed by atoms with van der Waals surface area (Å²) in [6, 6.07) is 15.8. The van der Waals surface area contributed by atoms with Crippen LogP contribution in [0.4, 0.5) is 0 Å². The molecular formula is C15H13ClO2. The van der Waals surface area contributed by atoms with E-state index in [1.54, 1.807) is 0 Å². The van der Waals surface area contributed by atoms with Crippen LogP contribution >= 0.6 is 11.6 Å². The average Bonchev–Trinajstić information content (AvgIpc) is 3.22. The molecule has 1 atom stereocenters. The summed E-state index contributed by atoms with van der Waals surface area (Å²) in [6.07, 6.45) is 0.282. The fourth-order valence-corrected chi connectivity index (χ4v) is 1.89. The topological polar surface area (TPSA) is 21.8 Å². The lowest BCUT2D eigenvalue weighted by Gasteiger charge is -2.07. The number of hydrogen-bond donors (Lipinski definition) is 0. The molecule has 18 heavy (non-hydrogen) atoms. The molecule has 0 saturated carbocycles. The van der Waals surface area contributed by atoms with Crippen molar-refractivity contribution >= 4 is 11.6 Å². The van der Waals surface area contributed by atoms with Gasteiger partial charge < -0.3 is 9.47 Å². The maximum Gasteiger partial charge on any atom is 0.120 e. The molecule has 3 heteroatoms. The van der Waals surface area contributed by atoms with Gasteiger partial charge in [0.2, 0.25) is 0 Å². The molecule has 1 fully saturated rings. The summed E-state index contributed by atoms with van der Waals surface area (Å²) in [4.78, 5) is 0. The smallest absolute Gasteiger partial charge is 0.120 e. The zero-order valence-electron chi connectivity index (χ0n) is 9.80. The third-order valence-electron chi connectivity index (χ3n) is 2.85. The van der Waals surface area contributed by atoms with Crippen molar-refractivity contribution in [1.82, 2.24) is 0 Å². The second kappa shape index (κ2) is 5.01. The number of hydrogen-bond acceptors (Lipinski definition) is 2. The van der Waals surface area contributed by atoms with Crippen molar-refractivity contribution in [3.63, 3.8) is 0 Å². The number of halogens is 1. The Hall–Kier alpha value is -1.51. The van der Waals surface area contributed by atoms with Crippen molar-refractivity contribution in [3.8, 4) is 16.9 Å². The van der Waals surface area contributed by atoms with Crippen LogP contribution < -0.4 is 4.74 Å². The van der Waals surface area contributed by atoms with Gasteiger partial charge in [0, 0.05) is 5.02 Å². The molecule has 0 amide bonds. The Kier molecular flexibility index (Phi) is 3.22. The normalized spacial score (nSPS) is 17.5. The van der Waals surface area contributed by atoms with Crippen molar-refractivity contribution in [2.45, 2.75) is 6.10 Å². The summed E-state index contributed by atoms with van der Waals surface area (Å²) in [5.41, 5.74) is 2.26. The van der Waals surface area contributed by atoms with E-state index in [1.807, 2.05) is 42.5 Å². The largest absolute Gasteiger partial charge is 0.491 e. The fourth-order valence-electron chi connectivity index (χ4n) is 1.76. The SMILES string of the molecule is Clc1ccc(-c2cccc(OCC3CO3)c2)cc1. The molecule has 1 unspecified atom stereocenters. The average molecular weight is 261 g/mol. The van der Waals surface area contributed by atoms with Crippen LogP contribution in [0.5, 0.6) is 5.75 Å². The number of epoxide rings is 1. The number of rotatable bonds is 4. The first-order chi connectivity index (χ1) is 8.81. The highest BCUT2D eigenvalue weighted by Gasteiger charge is 2.22. The molecule has 2 nitrogen and oxygen atoms in total. The molecule has 2 aromatic carbocycles. The maximum atomic E-state index is 5.88. The van der Waals surface area contributed by atoms with E-state index in [2.05, 4.69) is 6.07 Å². The second-order valence-corrected chi connectivity index (χ2v) is 4.74. The first-order valence-electron chi connectivity index (χ1n) is 5.92. The van der Waals surface area contributed by atoms with Gasteiger partial charge in [0.1, 0.15) is 18.5 Å². The number of ether oxygens (including phenoxy) is 2. The van der Waals surface area contributed by atoms with Gasteiger partial charge in [-0.05, 0) is 35.4 Å². The van der Waals surface area contributed by atoms with E-state index >= 15 is 0 Å². The molecule has 3 rings (SSSR count). The first-order valence-corrected chi connectivity index (χ1v) is 6.29. The lowest BCUT2D eigenvalue weighted by atomic mass is 10.1. The maximum absolute atomic E-state index is 5.88. The minimum absolute atomic E-state index is 0.282. The summed E-state index contributed by atoms with van der Waals surface area (Å²) in [5.74, 6) is 0.873. The molecule has 1 saturated heterocycles. The Bertz CT molecular complexity index is 532. The zero-order chi connectivity index (χ0) is 12.4. The zero-order valence-corrected chi connectivity index (χ0v) is 10.6. The van der Waals surface area contributed by atoms with E-state index in [-0.39, 0.29) is 6.10 Å². The van der Waals surface area contributed by atoms with Gasteiger partial charge in [-0.1, -0.05) is 35.9 Å². The first kappa shape index (κ1) is 11.6. The molecule has 2 aromatic rings. The van der Waals surface area contributed by atoms with E-state index in [0.717, 1.165) is 28.5 Å². The van der Waals surface area contributed by atoms with E-state index < -0.39 is 0 Å². The molecule has 1 heterocycles. The quantitative estimate of drug-likeness (QED) is 0.781. The van der Waals surface area contributed by atoms with Crippen molar-refractivity contribution in [2.75, 3.05) is 13.2 Å². The van der Waals surface area contributed by atoms with Gasteiger partial charge >= 0.3 is 0 Å². The minimum atomic E-state index is 0.282. The van der Waals surface area contributed by atoms with Crippen molar-refractivity contribution in [1.29, 1.82) is 0 Å². The van der Waals surface area contributed by atoms with Gasteiger partial charge in [0.05, 0.1) is 6.61 Å². The molecular weight excluding hydrogens is 248 g/mol. The van der Waals surface area contributed by atoms with Crippen LogP contribution in [0.15, 0.2) is 48.5 Å². The molecule has 0 aromatic heterocycles. The van der Waals surface area contributed by atoms with Crippen LogP contribution in [0.2, 0.25) is 5.02 Å². The van der Waals surface area contributed by atoms with Gasteiger partial charge in [0.15, 0.2) is 0 Å².